The molecule has 4 heteroatoms. The minimum absolute atomic E-state index is 0.0168. The summed E-state index contributed by atoms with van der Waals surface area (Å²) in [5, 5.41) is 11.7. The van der Waals surface area contributed by atoms with Gasteiger partial charge in [0.05, 0.1) is 6.04 Å². The zero-order chi connectivity index (χ0) is 19.4. The van der Waals surface area contributed by atoms with E-state index in [-0.39, 0.29) is 11.9 Å². The second-order valence-corrected chi connectivity index (χ2v) is 7.83. The fraction of sp³-hybridized carbons (Fsp3) is 0.375. The molecule has 2 heterocycles. The van der Waals surface area contributed by atoms with Crippen LogP contribution in [0.1, 0.15) is 30.4 Å². The summed E-state index contributed by atoms with van der Waals surface area (Å²) in [6, 6.07) is 19.8. The number of carbonyl (C=O) groups excluding carboxylic acids is 1. The lowest BCUT2D eigenvalue weighted by atomic mass is 9.79. The van der Waals surface area contributed by atoms with Gasteiger partial charge in [0.15, 0.2) is 0 Å². The van der Waals surface area contributed by atoms with Gasteiger partial charge in [0.1, 0.15) is 5.60 Å². The first-order valence-corrected chi connectivity index (χ1v) is 10.2. The van der Waals surface area contributed by atoms with Crippen LogP contribution in [0.2, 0.25) is 0 Å². The Kier molecular flexibility index (Phi) is 5.60. The zero-order valence-corrected chi connectivity index (χ0v) is 16.2. The molecule has 1 amide bonds. The molecule has 0 saturated carbocycles. The van der Waals surface area contributed by atoms with E-state index >= 15 is 0 Å². The third-order valence-corrected chi connectivity index (χ3v) is 6.09. The first kappa shape index (κ1) is 18.9. The van der Waals surface area contributed by atoms with Crippen LogP contribution in [0.5, 0.6) is 0 Å². The highest BCUT2D eigenvalue weighted by atomic mass is 16.3. The average molecular weight is 377 g/mol. The lowest BCUT2D eigenvalue weighted by Crippen LogP contribution is -2.61. The molecular formula is C24H28N2O2. The maximum atomic E-state index is 12.8. The van der Waals surface area contributed by atoms with Gasteiger partial charge in [0.2, 0.25) is 5.91 Å². The summed E-state index contributed by atoms with van der Waals surface area (Å²) in [6.45, 7) is 3.10. The van der Waals surface area contributed by atoms with Crippen molar-refractivity contribution in [2.24, 2.45) is 0 Å². The summed E-state index contributed by atoms with van der Waals surface area (Å²) < 4.78 is 0. The van der Waals surface area contributed by atoms with Crippen LogP contribution in [0.3, 0.4) is 0 Å². The van der Waals surface area contributed by atoms with Crippen molar-refractivity contribution in [3.05, 3.63) is 77.9 Å². The molecule has 1 N–H and O–H groups in total. The Morgan fingerprint density at radius 3 is 2.29 bits per heavy atom. The molecule has 4 nitrogen and oxygen atoms in total. The summed E-state index contributed by atoms with van der Waals surface area (Å²) in [6.07, 6.45) is 6.39. The molecule has 2 aliphatic heterocycles. The summed E-state index contributed by atoms with van der Waals surface area (Å²) in [7, 11) is 0. The SMILES string of the molecule is O=C(C=Cc1ccccc1)N1CC[C@](O)(c2ccccc2)[C@H](N2CCCC2)C1. The van der Waals surface area contributed by atoms with E-state index in [1.165, 1.54) is 0 Å². The maximum absolute atomic E-state index is 12.8. The molecule has 2 atom stereocenters. The Labute approximate surface area is 167 Å². The molecule has 0 aliphatic carbocycles. The number of piperidine rings is 1. The Hall–Kier alpha value is -2.43. The van der Waals surface area contributed by atoms with Crippen molar-refractivity contribution < 1.29 is 9.90 Å². The zero-order valence-electron chi connectivity index (χ0n) is 16.2. The maximum Gasteiger partial charge on any atom is 0.246 e. The highest BCUT2D eigenvalue weighted by Crippen LogP contribution is 2.37. The van der Waals surface area contributed by atoms with Crippen molar-refractivity contribution in [2.75, 3.05) is 26.2 Å². The fourth-order valence-corrected chi connectivity index (χ4v) is 4.49. The monoisotopic (exact) mass is 376 g/mol. The van der Waals surface area contributed by atoms with Crippen LogP contribution < -0.4 is 0 Å². The molecule has 4 rings (SSSR count). The van der Waals surface area contributed by atoms with Crippen LogP contribution in [-0.2, 0) is 10.4 Å². The van der Waals surface area contributed by atoms with Crippen LogP contribution in [0.4, 0.5) is 0 Å². The average Bonchev–Trinajstić information content (AvgIpc) is 3.28. The first-order valence-electron chi connectivity index (χ1n) is 10.2. The van der Waals surface area contributed by atoms with Crippen molar-refractivity contribution in [3.8, 4) is 0 Å². The van der Waals surface area contributed by atoms with E-state index in [1.807, 2.05) is 71.6 Å². The van der Waals surface area contributed by atoms with E-state index in [2.05, 4.69) is 4.90 Å². The Bertz CT molecular complexity index is 815. The van der Waals surface area contributed by atoms with E-state index < -0.39 is 5.60 Å². The molecule has 2 aromatic rings. The number of hydrogen-bond donors (Lipinski definition) is 1. The van der Waals surface area contributed by atoms with Crippen LogP contribution in [0, 0.1) is 0 Å². The number of hydrogen-bond acceptors (Lipinski definition) is 3. The lowest BCUT2D eigenvalue weighted by Gasteiger charge is -2.48. The van der Waals surface area contributed by atoms with Gasteiger partial charge in [-0.3, -0.25) is 9.69 Å². The molecule has 0 aromatic heterocycles. The van der Waals surface area contributed by atoms with Crippen molar-refractivity contribution >= 4 is 12.0 Å². The van der Waals surface area contributed by atoms with Crippen molar-refractivity contribution in [2.45, 2.75) is 30.9 Å². The topological polar surface area (TPSA) is 43.8 Å². The third kappa shape index (κ3) is 3.89. The predicted molar refractivity (Wildman–Crippen MR) is 112 cm³/mol. The lowest BCUT2D eigenvalue weighted by molar-refractivity contribution is -0.138. The Morgan fingerprint density at radius 2 is 1.61 bits per heavy atom. The van der Waals surface area contributed by atoms with Gasteiger partial charge in [-0.1, -0.05) is 60.7 Å². The van der Waals surface area contributed by atoms with Gasteiger partial charge in [-0.15, -0.1) is 0 Å². The van der Waals surface area contributed by atoms with Crippen molar-refractivity contribution in [1.29, 1.82) is 0 Å². The predicted octanol–water partition coefficient (Wildman–Crippen LogP) is 3.28. The van der Waals surface area contributed by atoms with Gasteiger partial charge in [0.25, 0.3) is 0 Å². The van der Waals surface area contributed by atoms with Gasteiger partial charge in [-0.2, -0.15) is 0 Å². The first-order chi connectivity index (χ1) is 13.7. The Balaban J connectivity index is 1.54. The number of benzene rings is 2. The Morgan fingerprint density at radius 1 is 0.964 bits per heavy atom. The fourth-order valence-electron chi connectivity index (χ4n) is 4.49. The number of nitrogens with zero attached hydrogens (tertiary/aromatic N) is 2. The molecule has 0 radical (unpaired) electrons. The second-order valence-electron chi connectivity index (χ2n) is 7.83. The van der Waals surface area contributed by atoms with E-state index in [0.717, 1.165) is 37.1 Å². The molecule has 0 unspecified atom stereocenters. The molecule has 0 spiro atoms. The van der Waals surface area contributed by atoms with Crippen molar-refractivity contribution in [3.63, 3.8) is 0 Å². The number of carbonyl (C=O) groups is 1. The summed E-state index contributed by atoms with van der Waals surface area (Å²) in [5.74, 6) is 0.0168. The van der Waals surface area contributed by atoms with Crippen LogP contribution in [0.25, 0.3) is 6.08 Å². The molecule has 0 bridgehead atoms. The minimum Gasteiger partial charge on any atom is -0.383 e. The van der Waals surface area contributed by atoms with E-state index in [4.69, 9.17) is 0 Å². The third-order valence-electron chi connectivity index (χ3n) is 6.09. The molecule has 146 valence electrons. The number of amides is 1. The molecule has 2 fully saturated rings. The van der Waals surface area contributed by atoms with Crippen LogP contribution in [-0.4, -0.2) is 53.0 Å². The van der Waals surface area contributed by atoms with Gasteiger partial charge in [-0.25, -0.2) is 0 Å². The smallest absolute Gasteiger partial charge is 0.246 e. The molecule has 2 aromatic carbocycles. The van der Waals surface area contributed by atoms with Gasteiger partial charge < -0.3 is 10.0 Å². The number of rotatable bonds is 4. The molecule has 2 saturated heterocycles. The van der Waals surface area contributed by atoms with E-state index in [0.29, 0.717) is 19.5 Å². The number of aliphatic hydroxyl groups is 1. The van der Waals surface area contributed by atoms with E-state index in [1.54, 1.807) is 6.08 Å². The highest BCUT2D eigenvalue weighted by molar-refractivity contribution is 5.91. The van der Waals surface area contributed by atoms with Gasteiger partial charge in [-0.05, 0) is 49.6 Å². The summed E-state index contributed by atoms with van der Waals surface area (Å²) in [4.78, 5) is 17.1. The molecule has 2 aliphatic rings. The highest BCUT2D eigenvalue weighted by Gasteiger charge is 2.46. The second kappa shape index (κ2) is 8.29. The van der Waals surface area contributed by atoms with E-state index in [9.17, 15) is 9.90 Å². The van der Waals surface area contributed by atoms with Gasteiger partial charge in [0, 0.05) is 19.2 Å². The number of likely N-dealkylation sites (tertiary alicyclic amines) is 2. The quantitative estimate of drug-likeness (QED) is 0.833. The standard InChI is InChI=1S/C24H28N2O2/c27-23(14-13-20-9-3-1-4-10-20)26-18-15-24(28,21-11-5-2-6-12-21)22(19-26)25-16-7-8-17-25/h1-6,9-14,22,28H,7-8,15-19H2/t22-,24+/m1/s1. The summed E-state index contributed by atoms with van der Waals surface area (Å²) >= 11 is 0. The largest absolute Gasteiger partial charge is 0.383 e. The molecular weight excluding hydrogens is 348 g/mol. The summed E-state index contributed by atoms with van der Waals surface area (Å²) in [5.41, 5.74) is 1.06. The molecule has 28 heavy (non-hydrogen) atoms. The van der Waals surface area contributed by atoms with Crippen LogP contribution >= 0.6 is 0 Å². The van der Waals surface area contributed by atoms with Crippen molar-refractivity contribution in [1.82, 2.24) is 9.80 Å². The normalized spacial score (nSPS) is 26.0. The minimum atomic E-state index is -0.911. The van der Waals surface area contributed by atoms with Crippen LogP contribution in [0.15, 0.2) is 66.7 Å². The van der Waals surface area contributed by atoms with Gasteiger partial charge >= 0.3 is 0 Å².